The van der Waals surface area contributed by atoms with Gasteiger partial charge in [-0.05, 0) is 19.9 Å². The van der Waals surface area contributed by atoms with Gasteiger partial charge in [0.2, 0.25) is 0 Å². The number of H-pyrrole nitrogens is 1. The van der Waals surface area contributed by atoms with Gasteiger partial charge in [0.25, 0.3) is 0 Å². The number of urea groups is 1. The lowest BCUT2D eigenvalue weighted by Crippen LogP contribution is -2.39. The Hall–Kier alpha value is -2.38. The molecule has 0 spiro atoms. The lowest BCUT2D eigenvalue weighted by molar-refractivity contribution is 0.202. The third kappa shape index (κ3) is 4.12. The number of amides is 2. The average molecular weight is 333 g/mol. The number of hydrogen-bond donors (Lipinski definition) is 2. The summed E-state index contributed by atoms with van der Waals surface area (Å²) in [6.45, 7) is 11.5. The molecule has 2 amide bonds. The fourth-order valence-electron chi connectivity index (χ4n) is 2.36. The number of nitrogens with zero attached hydrogens (tertiary/aromatic N) is 5. The zero-order valence-electron chi connectivity index (χ0n) is 15.3. The summed E-state index contributed by atoms with van der Waals surface area (Å²) in [4.78, 5) is 14.0. The summed E-state index contributed by atoms with van der Waals surface area (Å²) in [7, 11) is 1.75. The van der Waals surface area contributed by atoms with Crippen LogP contribution < -0.4 is 5.32 Å². The number of rotatable bonds is 5. The molecule has 0 aliphatic rings. The normalized spacial score (nSPS) is 12.9. The van der Waals surface area contributed by atoms with E-state index in [0.29, 0.717) is 6.54 Å². The van der Waals surface area contributed by atoms with Crippen molar-refractivity contribution in [3.8, 4) is 0 Å². The van der Waals surface area contributed by atoms with Crippen LogP contribution in [0.25, 0.3) is 0 Å². The molecule has 0 unspecified atom stereocenters. The summed E-state index contributed by atoms with van der Waals surface area (Å²) >= 11 is 0. The Morgan fingerprint density at radius 1 is 1.46 bits per heavy atom. The second-order valence-corrected chi connectivity index (χ2v) is 7.03. The molecule has 2 N–H and O–H groups in total. The smallest absolute Gasteiger partial charge is 0.318 e. The van der Waals surface area contributed by atoms with Crippen LogP contribution in [0.3, 0.4) is 0 Å². The van der Waals surface area contributed by atoms with E-state index in [4.69, 9.17) is 0 Å². The highest BCUT2D eigenvalue weighted by molar-refractivity contribution is 5.74. The predicted molar refractivity (Wildman–Crippen MR) is 91.4 cm³/mol. The second-order valence-electron chi connectivity index (χ2n) is 7.03. The first kappa shape index (κ1) is 18.0. The Labute approximate surface area is 142 Å². The first-order valence-electron chi connectivity index (χ1n) is 8.16. The number of aromatic amines is 1. The first-order chi connectivity index (χ1) is 11.2. The van der Waals surface area contributed by atoms with Crippen LogP contribution in [-0.4, -0.2) is 42.9 Å². The number of carbonyl (C=O) groups excluding carboxylic acids is 1. The minimum absolute atomic E-state index is 0.0195. The van der Waals surface area contributed by atoms with E-state index in [9.17, 15) is 4.79 Å². The summed E-state index contributed by atoms with van der Waals surface area (Å²) in [6.07, 6.45) is 1.67. The molecule has 0 bridgehead atoms. The van der Waals surface area contributed by atoms with Gasteiger partial charge in [-0.25, -0.2) is 4.79 Å². The van der Waals surface area contributed by atoms with Gasteiger partial charge in [-0.3, -0.25) is 5.10 Å². The van der Waals surface area contributed by atoms with Crippen molar-refractivity contribution in [3.05, 3.63) is 29.6 Å². The molecule has 0 saturated heterocycles. The van der Waals surface area contributed by atoms with Crippen LogP contribution in [-0.2, 0) is 18.5 Å². The third-order valence-electron chi connectivity index (χ3n) is 3.87. The maximum atomic E-state index is 12.4. The molecule has 2 aromatic rings. The summed E-state index contributed by atoms with van der Waals surface area (Å²) < 4.78 is 1.91. The summed E-state index contributed by atoms with van der Waals surface area (Å²) in [6, 6.07) is 1.62. The molecule has 0 aliphatic carbocycles. The standard InChI is InChI=1S/C16H27N7O/c1-7-23-10-17-21-14(23)11(2)18-15(24)22(6)9-12-8-13(20-19-12)16(3,4)5/h8,10-11H,7,9H2,1-6H3,(H,18,24)(H,19,20)/t11-/m0/s1. The molecule has 0 aliphatic heterocycles. The Bertz CT molecular complexity index is 683. The maximum absolute atomic E-state index is 12.4. The average Bonchev–Trinajstić information content (AvgIpc) is 3.14. The lowest BCUT2D eigenvalue weighted by atomic mass is 9.92. The topological polar surface area (TPSA) is 91.7 Å². The van der Waals surface area contributed by atoms with E-state index in [2.05, 4.69) is 46.5 Å². The number of aromatic nitrogens is 5. The van der Waals surface area contributed by atoms with Crippen LogP contribution in [0.5, 0.6) is 0 Å². The van der Waals surface area contributed by atoms with Crippen LogP contribution >= 0.6 is 0 Å². The molecule has 2 rings (SSSR count). The monoisotopic (exact) mass is 333 g/mol. The maximum Gasteiger partial charge on any atom is 0.318 e. The molecular formula is C16H27N7O. The number of hydrogen-bond acceptors (Lipinski definition) is 4. The fourth-order valence-corrected chi connectivity index (χ4v) is 2.36. The van der Waals surface area contributed by atoms with E-state index >= 15 is 0 Å². The van der Waals surface area contributed by atoms with Crippen LogP contribution in [0.15, 0.2) is 12.4 Å². The molecule has 0 radical (unpaired) electrons. The van der Waals surface area contributed by atoms with Gasteiger partial charge in [0.1, 0.15) is 6.33 Å². The van der Waals surface area contributed by atoms with E-state index in [0.717, 1.165) is 23.8 Å². The van der Waals surface area contributed by atoms with Gasteiger partial charge in [0, 0.05) is 19.0 Å². The highest BCUT2D eigenvalue weighted by atomic mass is 16.2. The van der Waals surface area contributed by atoms with Crippen molar-refractivity contribution in [3.63, 3.8) is 0 Å². The molecule has 8 heteroatoms. The van der Waals surface area contributed by atoms with Gasteiger partial charge in [-0.1, -0.05) is 20.8 Å². The SMILES string of the molecule is CCn1cnnc1[C@H](C)NC(=O)N(C)Cc1cc(C(C)(C)C)n[nH]1. The molecule has 0 fully saturated rings. The van der Waals surface area contributed by atoms with Crippen LogP contribution in [0, 0.1) is 0 Å². The quantitative estimate of drug-likeness (QED) is 0.877. The second kappa shape index (κ2) is 7.02. The summed E-state index contributed by atoms with van der Waals surface area (Å²) in [5.41, 5.74) is 1.87. The predicted octanol–water partition coefficient (Wildman–Crippen LogP) is 2.22. The number of aryl methyl sites for hydroxylation is 1. The van der Waals surface area contributed by atoms with Gasteiger partial charge < -0.3 is 14.8 Å². The van der Waals surface area contributed by atoms with Crippen LogP contribution in [0.1, 0.15) is 57.9 Å². The molecule has 0 saturated carbocycles. The molecule has 24 heavy (non-hydrogen) atoms. The Morgan fingerprint density at radius 3 is 2.75 bits per heavy atom. The highest BCUT2D eigenvalue weighted by Gasteiger charge is 2.20. The van der Waals surface area contributed by atoms with Gasteiger partial charge in [-0.15, -0.1) is 10.2 Å². The van der Waals surface area contributed by atoms with Crippen molar-refractivity contribution in [2.75, 3.05) is 7.05 Å². The number of nitrogens with one attached hydrogen (secondary N) is 2. The van der Waals surface area contributed by atoms with Crippen molar-refractivity contribution in [2.45, 2.75) is 59.2 Å². The number of carbonyl (C=O) groups is 1. The van der Waals surface area contributed by atoms with E-state index in [1.54, 1.807) is 18.3 Å². The molecule has 2 aromatic heterocycles. The lowest BCUT2D eigenvalue weighted by Gasteiger charge is -2.20. The zero-order valence-corrected chi connectivity index (χ0v) is 15.3. The molecular weight excluding hydrogens is 306 g/mol. The van der Waals surface area contributed by atoms with Crippen LogP contribution in [0.2, 0.25) is 0 Å². The Balaban J connectivity index is 1.96. The van der Waals surface area contributed by atoms with Gasteiger partial charge >= 0.3 is 6.03 Å². The minimum atomic E-state index is -0.214. The molecule has 0 aromatic carbocycles. The zero-order chi connectivity index (χ0) is 17.9. The van der Waals surface area contributed by atoms with Gasteiger partial charge in [-0.2, -0.15) is 5.10 Å². The van der Waals surface area contributed by atoms with E-state index in [-0.39, 0.29) is 17.5 Å². The minimum Gasteiger partial charge on any atom is -0.328 e. The fraction of sp³-hybridized carbons (Fsp3) is 0.625. The van der Waals surface area contributed by atoms with Crippen molar-refractivity contribution in [1.82, 2.24) is 35.2 Å². The highest BCUT2D eigenvalue weighted by Crippen LogP contribution is 2.20. The van der Waals surface area contributed by atoms with E-state index in [1.165, 1.54) is 0 Å². The first-order valence-corrected chi connectivity index (χ1v) is 8.16. The summed E-state index contributed by atoms with van der Waals surface area (Å²) in [5, 5.41) is 18.2. The van der Waals surface area contributed by atoms with Gasteiger partial charge in [0.05, 0.1) is 24.0 Å². The summed E-state index contributed by atoms with van der Waals surface area (Å²) in [5.74, 6) is 0.746. The van der Waals surface area contributed by atoms with Crippen molar-refractivity contribution >= 4 is 6.03 Å². The van der Waals surface area contributed by atoms with Crippen molar-refractivity contribution < 1.29 is 4.79 Å². The third-order valence-corrected chi connectivity index (χ3v) is 3.87. The van der Waals surface area contributed by atoms with Crippen molar-refractivity contribution in [2.24, 2.45) is 0 Å². The molecule has 1 atom stereocenters. The Kier molecular flexibility index (Phi) is 5.26. The Morgan fingerprint density at radius 2 is 2.17 bits per heavy atom. The van der Waals surface area contributed by atoms with E-state index < -0.39 is 0 Å². The van der Waals surface area contributed by atoms with Crippen LogP contribution in [0.4, 0.5) is 4.79 Å². The molecule has 8 nitrogen and oxygen atoms in total. The molecule has 2 heterocycles. The van der Waals surface area contributed by atoms with Crippen molar-refractivity contribution in [1.29, 1.82) is 0 Å². The largest absolute Gasteiger partial charge is 0.328 e. The van der Waals surface area contributed by atoms with E-state index in [1.807, 2.05) is 24.5 Å². The van der Waals surface area contributed by atoms with Gasteiger partial charge in [0.15, 0.2) is 5.82 Å². The molecule has 132 valence electrons.